The van der Waals surface area contributed by atoms with Crippen LogP contribution in [0.25, 0.3) is 6.08 Å². The van der Waals surface area contributed by atoms with Crippen LogP contribution in [0.1, 0.15) is 42.1 Å². The van der Waals surface area contributed by atoms with E-state index in [4.69, 9.17) is 0 Å². The van der Waals surface area contributed by atoms with Gasteiger partial charge in [0.2, 0.25) is 0 Å². The number of aromatic nitrogens is 2. The molecule has 3 aromatic rings. The number of thioether (sulfide) groups is 1. The molecule has 1 aliphatic heterocycles. The Bertz CT molecular complexity index is 1450. The third-order valence-corrected chi connectivity index (χ3v) is 6.97. The molecular weight excluding hydrogens is 460 g/mol. The number of hydrogen-bond acceptors (Lipinski definition) is 5. The van der Waals surface area contributed by atoms with Crippen LogP contribution in [0.3, 0.4) is 0 Å². The van der Waals surface area contributed by atoms with Crippen LogP contribution in [0.5, 0.6) is 0 Å². The molecule has 0 saturated heterocycles. The van der Waals surface area contributed by atoms with Gasteiger partial charge in [0.05, 0.1) is 5.69 Å². The highest BCUT2D eigenvalue weighted by molar-refractivity contribution is 8.13. The zero-order valence-corrected chi connectivity index (χ0v) is 21.3. The van der Waals surface area contributed by atoms with Crippen LogP contribution in [0.2, 0.25) is 0 Å². The van der Waals surface area contributed by atoms with E-state index >= 15 is 0 Å². The van der Waals surface area contributed by atoms with Crippen LogP contribution < -0.4 is 16.1 Å². The van der Waals surface area contributed by atoms with Crippen molar-refractivity contribution in [1.82, 2.24) is 9.13 Å². The maximum atomic E-state index is 13.4. The van der Waals surface area contributed by atoms with Gasteiger partial charge >= 0.3 is 5.69 Å². The SMILES string of the molecule is Cc1ccc(N2C(=O)/C(=C/c3ccc(C(C)C)cc3)N=C2SCc2cc(=O)n(C)c(=O)n2C)cc1. The van der Waals surface area contributed by atoms with Gasteiger partial charge in [0.25, 0.3) is 11.5 Å². The van der Waals surface area contributed by atoms with E-state index in [-0.39, 0.29) is 11.5 Å². The number of rotatable bonds is 5. The number of aryl methyl sites for hydroxylation is 1. The van der Waals surface area contributed by atoms with E-state index < -0.39 is 5.69 Å². The molecule has 2 heterocycles. The Balaban J connectivity index is 1.69. The quantitative estimate of drug-likeness (QED) is 0.505. The van der Waals surface area contributed by atoms with E-state index in [0.29, 0.717) is 33.9 Å². The molecule has 2 aromatic carbocycles. The van der Waals surface area contributed by atoms with Crippen molar-refractivity contribution in [2.45, 2.75) is 32.4 Å². The number of anilines is 1. The molecule has 1 aromatic heterocycles. The van der Waals surface area contributed by atoms with E-state index in [2.05, 4.69) is 31.0 Å². The lowest BCUT2D eigenvalue weighted by atomic mass is 10.0. The number of amidine groups is 1. The lowest BCUT2D eigenvalue weighted by Crippen LogP contribution is -2.38. The van der Waals surface area contributed by atoms with Gasteiger partial charge in [-0.3, -0.25) is 23.6 Å². The van der Waals surface area contributed by atoms with Gasteiger partial charge in [0.15, 0.2) is 5.17 Å². The Labute approximate surface area is 208 Å². The monoisotopic (exact) mass is 488 g/mol. The molecule has 180 valence electrons. The highest BCUT2D eigenvalue weighted by Crippen LogP contribution is 2.31. The minimum absolute atomic E-state index is 0.220. The number of hydrogen-bond donors (Lipinski definition) is 0. The summed E-state index contributed by atoms with van der Waals surface area (Å²) in [7, 11) is 3.08. The molecule has 0 aliphatic carbocycles. The van der Waals surface area contributed by atoms with Gasteiger partial charge in [-0.25, -0.2) is 9.79 Å². The summed E-state index contributed by atoms with van der Waals surface area (Å²) in [6.07, 6.45) is 1.79. The fourth-order valence-electron chi connectivity index (χ4n) is 3.70. The molecule has 0 bridgehead atoms. The fraction of sp³-hybridized carbons (Fsp3) is 0.259. The summed E-state index contributed by atoms with van der Waals surface area (Å²) in [5.74, 6) is 0.517. The van der Waals surface area contributed by atoms with Crippen molar-refractivity contribution < 1.29 is 4.79 Å². The predicted octanol–water partition coefficient (Wildman–Crippen LogP) is 4.19. The number of benzene rings is 2. The molecule has 0 atom stereocenters. The Morgan fingerprint density at radius 3 is 2.23 bits per heavy atom. The third kappa shape index (κ3) is 5.07. The van der Waals surface area contributed by atoms with Crippen LogP contribution in [0.4, 0.5) is 5.69 Å². The summed E-state index contributed by atoms with van der Waals surface area (Å²) in [5.41, 5.74) is 4.06. The third-order valence-electron chi connectivity index (χ3n) is 6.00. The lowest BCUT2D eigenvalue weighted by molar-refractivity contribution is -0.113. The molecule has 0 unspecified atom stereocenters. The van der Waals surface area contributed by atoms with Gasteiger partial charge in [0.1, 0.15) is 5.70 Å². The van der Waals surface area contributed by atoms with Crippen molar-refractivity contribution in [2.24, 2.45) is 19.1 Å². The smallest absolute Gasteiger partial charge is 0.300 e. The van der Waals surface area contributed by atoms with Gasteiger partial charge in [-0.2, -0.15) is 0 Å². The maximum Gasteiger partial charge on any atom is 0.330 e. The number of carbonyl (C=O) groups is 1. The molecule has 0 N–H and O–H groups in total. The van der Waals surface area contributed by atoms with Crippen molar-refractivity contribution >= 4 is 34.6 Å². The van der Waals surface area contributed by atoms with Crippen LogP contribution in [-0.4, -0.2) is 20.2 Å². The van der Waals surface area contributed by atoms with Crippen molar-refractivity contribution in [3.63, 3.8) is 0 Å². The molecule has 8 heteroatoms. The summed E-state index contributed by atoms with van der Waals surface area (Å²) in [5, 5.41) is 0.497. The summed E-state index contributed by atoms with van der Waals surface area (Å²) in [4.78, 5) is 44.1. The second-order valence-electron chi connectivity index (χ2n) is 8.88. The van der Waals surface area contributed by atoms with Crippen LogP contribution in [0.15, 0.2) is 74.9 Å². The molecule has 7 nitrogen and oxygen atoms in total. The number of nitrogens with zero attached hydrogens (tertiary/aromatic N) is 4. The lowest BCUT2D eigenvalue weighted by Gasteiger charge is -2.18. The fourth-order valence-corrected chi connectivity index (χ4v) is 4.74. The van der Waals surface area contributed by atoms with Crippen LogP contribution >= 0.6 is 11.8 Å². The highest BCUT2D eigenvalue weighted by Gasteiger charge is 2.32. The maximum absolute atomic E-state index is 13.4. The van der Waals surface area contributed by atoms with Gasteiger partial charge in [-0.15, -0.1) is 0 Å². The first-order valence-electron chi connectivity index (χ1n) is 11.4. The summed E-state index contributed by atoms with van der Waals surface area (Å²) < 4.78 is 2.50. The normalized spacial score (nSPS) is 14.8. The van der Waals surface area contributed by atoms with Crippen molar-refractivity contribution in [2.75, 3.05) is 4.90 Å². The van der Waals surface area contributed by atoms with Crippen LogP contribution in [0, 0.1) is 6.92 Å². The largest absolute Gasteiger partial charge is 0.330 e. The van der Waals surface area contributed by atoms with Crippen molar-refractivity contribution in [3.05, 3.63) is 104 Å². The number of amides is 1. The van der Waals surface area contributed by atoms with E-state index in [1.807, 2.05) is 43.3 Å². The van der Waals surface area contributed by atoms with Gasteiger partial charge in [-0.1, -0.05) is 67.6 Å². The predicted molar refractivity (Wildman–Crippen MR) is 143 cm³/mol. The standard InChI is InChI=1S/C27H28N4O3S/c1-17(2)20-10-8-19(9-11-20)14-23-25(33)31(21-12-6-18(3)7-13-21)26(28-23)35-16-22-15-24(32)30(5)27(34)29(22)4/h6-15,17H,16H2,1-5H3/b23-14-. The highest BCUT2D eigenvalue weighted by atomic mass is 32.2. The van der Waals surface area contributed by atoms with Crippen LogP contribution in [-0.2, 0) is 24.6 Å². The molecule has 0 fully saturated rings. The summed E-state index contributed by atoms with van der Waals surface area (Å²) in [6.45, 7) is 6.26. The van der Waals surface area contributed by atoms with Crippen molar-refractivity contribution in [3.8, 4) is 0 Å². The molecule has 0 saturated carbocycles. The first-order valence-corrected chi connectivity index (χ1v) is 12.3. The number of carbonyl (C=O) groups excluding carboxylic acids is 1. The summed E-state index contributed by atoms with van der Waals surface area (Å²) in [6, 6.07) is 17.2. The first kappa shape index (κ1) is 24.5. The minimum Gasteiger partial charge on any atom is -0.300 e. The average molecular weight is 489 g/mol. The second kappa shape index (κ2) is 9.92. The van der Waals surface area contributed by atoms with E-state index in [1.54, 1.807) is 18.0 Å². The Kier molecular flexibility index (Phi) is 6.93. The van der Waals surface area contributed by atoms with Gasteiger partial charge < -0.3 is 0 Å². The van der Waals surface area contributed by atoms with Crippen molar-refractivity contribution in [1.29, 1.82) is 0 Å². The topological polar surface area (TPSA) is 76.7 Å². The Morgan fingerprint density at radius 2 is 1.60 bits per heavy atom. The molecular formula is C27H28N4O3S. The number of aliphatic imine (C=N–C) groups is 1. The molecule has 0 spiro atoms. The molecule has 35 heavy (non-hydrogen) atoms. The molecule has 1 aliphatic rings. The van der Waals surface area contributed by atoms with Gasteiger partial charge in [-0.05, 0) is 42.2 Å². The first-order chi connectivity index (χ1) is 16.7. The zero-order valence-electron chi connectivity index (χ0n) is 20.5. The Hall–Kier alpha value is -3.65. The second-order valence-corrected chi connectivity index (χ2v) is 9.83. The van der Waals surface area contributed by atoms with Gasteiger partial charge in [0, 0.05) is 31.6 Å². The Morgan fingerprint density at radius 1 is 0.943 bits per heavy atom. The minimum atomic E-state index is -0.390. The van der Waals surface area contributed by atoms with E-state index in [9.17, 15) is 14.4 Å². The molecule has 1 amide bonds. The average Bonchev–Trinajstić information content (AvgIpc) is 3.14. The van der Waals surface area contributed by atoms with E-state index in [0.717, 1.165) is 15.7 Å². The summed E-state index contributed by atoms with van der Waals surface area (Å²) >= 11 is 1.31. The zero-order chi connectivity index (χ0) is 25.3. The molecule has 0 radical (unpaired) electrons. The van der Waals surface area contributed by atoms with E-state index in [1.165, 1.54) is 35.0 Å². The molecule has 4 rings (SSSR count).